The molecule has 1 aromatic carbocycles. The molecule has 112 valence electrons. The number of carbonyl (C=O) groups is 1. The van der Waals surface area contributed by atoms with Crippen LogP contribution in [0.15, 0.2) is 36.8 Å². The number of nitrogens with zero attached hydrogens (tertiary/aromatic N) is 1. The summed E-state index contributed by atoms with van der Waals surface area (Å²) in [6, 6.07) is 5.16. The summed E-state index contributed by atoms with van der Waals surface area (Å²) in [5.41, 5.74) is 14.4. The van der Waals surface area contributed by atoms with Gasteiger partial charge in [0.1, 0.15) is 0 Å². The van der Waals surface area contributed by atoms with Gasteiger partial charge in [0.25, 0.3) is 0 Å². The molecule has 2 aromatic rings. The van der Waals surface area contributed by atoms with E-state index < -0.39 is 0 Å². The second kappa shape index (κ2) is 7.96. The van der Waals surface area contributed by atoms with E-state index in [1.54, 1.807) is 36.8 Å². The van der Waals surface area contributed by atoms with Crippen molar-refractivity contribution in [1.82, 2.24) is 15.3 Å². The fourth-order valence-electron chi connectivity index (χ4n) is 1.70. The van der Waals surface area contributed by atoms with Gasteiger partial charge in [-0.05, 0) is 29.8 Å². The lowest BCUT2D eigenvalue weighted by Gasteiger charge is -2.02. The van der Waals surface area contributed by atoms with Gasteiger partial charge in [-0.15, -0.1) is 12.4 Å². The molecule has 6 N–H and O–H groups in total. The molecule has 0 aliphatic heterocycles. The van der Waals surface area contributed by atoms with Gasteiger partial charge in [0, 0.05) is 42.3 Å². The van der Waals surface area contributed by atoms with Gasteiger partial charge in [0.15, 0.2) is 0 Å². The van der Waals surface area contributed by atoms with Crippen molar-refractivity contribution in [1.29, 1.82) is 0 Å². The molecule has 1 aromatic heterocycles. The molecule has 0 spiro atoms. The molecule has 1 amide bonds. The lowest BCUT2D eigenvalue weighted by molar-refractivity contribution is -0.116. The average Bonchev–Trinajstić information content (AvgIpc) is 2.93. The average molecular weight is 308 g/mol. The van der Waals surface area contributed by atoms with Crippen molar-refractivity contribution in [2.45, 2.75) is 6.42 Å². The molecule has 0 saturated carbocycles. The zero-order chi connectivity index (χ0) is 14.4. The molecule has 0 radical (unpaired) electrons. The van der Waals surface area contributed by atoms with Gasteiger partial charge in [-0.1, -0.05) is 0 Å². The number of aromatic nitrogens is 2. The van der Waals surface area contributed by atoms with Crippen molar-refractivity contribution in [2.75, 3.05) is 18.0 Å². The highest BCUT2D eigenvalue weighted by Crippen LogP contribution is 2.16. The maximum atomic E-state index is 11.6. The van der Waals surface area contributed by atoms with Crippen LogP contribution in [0.25, 0.3) is 6.08 Å². The number of carbonyl (C=O) groups excluding carboxylic acids is 1. The number of nitrogens with two attached hydrogens (primary N) is 2. The standard InChI is InChI=1S/C14H17N5O.ClH/c15-11-2-3-13(16)10(7-11)1-4-14(20)18-6-5-12-8-17-9-19-12;/h1-4,7-9H,5-6,15-16H2,(H,17,19)(H,18,20);1H/b4-1+;. The molecule has 0 bridgehead atoms. The normalized spacial score (nSPS) is 10.3. The monoisotopic (exact) mass is 307 g/mol. The molecule has 1 heterocycles. The van der Waals surface area contributed by atoms with E-state index >= 15 is 0 Å². The second-order valence-electron chi connectivity index (χ2n) is 4.34. The number of nitrogens with one attached hydrogen (secondary N) is 2. The van der Waals surface area contributed by atoms with Gasteiger partial charge >= 0.3 is 0 Å². The molecular formula is C14H18ClN5O. The van der Waals surface area contributed by atoms with E-state index in [1.165, 1.54) is 6.08 Å². The highest BCUT2D eigenvalue weighted by molar-refractivity contribution is 5.92. The Morgan fingerprint density at radius 2 is 2.19 bits per heavy atom. The first-order valence-electron chi connectivity index (χ1n) is 6.23. The number of amides is 1. The Kier molecular flexibility index (Phi) is 6.29. The summed E-state index contributed by atoms with van der Waals surface area (Å²) >= 11 is 0. The van der Waals surface area contributed by atoms with E-state index in [9.17, 15) is 4.79 Å². The number of anilines is 2. The number of benzene rings is 1. The summed E-state index contributed by atoms with van der Waals surface area (Å²) in [5.74, 6) is -0.175. The number of halogens is 1. The van der Waals surface area contributed by atoms with E-state index in [0.717, 1.165) is 11.3 Å². The van der Waals surface area contributed by atoms with Gasteiger partial charge in [-0.2, -0.15) is 0 Å². The number of hydrogen-bond donors (Lipinski definition) is 4. The zero-order valence-corrected chi connectivity index (χ0v) is 12.2. The second-order valence-corrected chi connectivity index (χ2v) is 4.34. The third-order valence-corrected chi connectivity index (χ3v) is 2.77. The van der Waals surface area contributed by atoms with Crippen molar-refractivity contribution in [3.05, 3.63) is 48.1 Å². The molecule has 0 unspecified atom stereocenters. The third-order valence-electron chi connectivity index (χ3n) is 2.77. The lowest BCUT2D eigenvalue weighted by atomic mass is 10.1. The Labute approximate surface area is 129 Å². The van der Waals surface area contributed by atoms with Crippen molar-refractivity contribution >= 4 is 35.8 Å². The Morgan fingerprint density at radius 1 is 1.38 bits per heavy atom. The van der Waals surface area contributed by atoms with Gasteiger partial charge in [0.05, 0.1) is 6.33 Å². The summed E-state index contributed by atoms with van der Waals surface area (Å²) in [5, 5.41) is 2.78. The molecule has 0 fully saturated rings. The van der Waals surface area contributed by atoms with Crippen molar-refractivity contribution in [3.8, 4) is 0 Å². The summed E-state index contributed by atoms with van der Waals surface area (Å²) < 4.78 is 0. The first kappa shape index (κ1) is 16.6. The number of nitrogen functional groups attached to an aromatic ring is 2. The van der Waals surface area contributed by atoms with Gasteiger partial charge in [0.2, 0.25) is 5.91 Å². The first-order chi connectivity index (χ1) is 9.65. The van der Waals surface area contributed by atoms with E-state index in [4.69, 9.17) is 11.5 Å². The molecule has 2 rings (SSSR count). The Bertz CT molecular complexity index is 610. The van der Waals surface area contributed by atoms with E-state index in [-0.39, 0.29) is 18.3 Å². The smallest absolute Gasteiger partial charge is 0.244 e. The van der Waals surface area contributed by atoms with E-state index in [2.05, 4.69) is 15.3 Å². The molecule has 0 saturated heterocycles. The largest absolute Gasteiger partial charge is 0.399 e. The zero-order valence-electron chi connectivity index (χ0n) is 11.4. The summed E-state index contributed by atoms with van der Waals surface area (Å²) in [7, 11) is 0. The predicted molar refractivity (Wildman–Crippen MR) is 86.9 cm³/mol. The number of hydrogen-bond acceptors (Lipinski definition) is 4. The van der Waals surface area contributed by atoms with E-state index in [0.29, 0.717) is 24.3 Å². The van der Waals surface area contributed by atoms with Crippen LogP contribution in [0.1, 0.15) is 11.3 Å². The van der Waals surface area contributed by atoms with Crippen LogP contribution < -0.4 is 16.8 Å². The molecule has 0 aliphatic rings. The van der Waals surface area contributed by atoms with Crippen LogP contribution in [-0.2, 0) is 11.2 Å². The summed E-state index contributed by atoms with van der Waals surface area (Å²) in [6.07, 6.45) is 7.14. The SMILES string of the molecule is Cl.Nc1ccc(N)c(/C=C/C(=O)NCCc2cnc[nH]2)c1. The van der Waals surface area contributed by atoms with Gasteiger partial charge < -0.3 is 21.8 Å². The fourth-order valence-corrected chi connectivity index (χ4v) is 1.70. The lowest BCUT2D eigenvalue weighted by Crippen LogP contribution is -2.23. The molecule has 21 heavy (non-hydrogen) atoms. The summed E-state index contributed by atoms with van der Waals surface area (Å²) in [6.45, 7) is 0.539. The minimum absolute atomic E-state index is 0. The van der Waals surface area contributed by atoms with Crippen molar-refractivity contribution in [2.24, 2.45) is 0 Å². The van der Waals surface area contributed by atoms with E-state index in [1.807, 2.05) is 0 Å². The quantitative estimate of drug-likeness (QED) is 0.494. The topological polar surface area (TPSA) is 110 Å². The Balaban J connectivity index is 0.00000220. The molecular weight excluding hydrogens is 290 g/mol. The van der Waals surface area contributed by atoms with Gasteiger partial charge in [-0.25, -0.2) is 4.98 Å². The minimum atomic E-state index is -0.175. The number of H-pyrrole nitrogens is 1. The molecule has 7 heteroatoms. The van der Waals surface area contributed by atoms with Crippen LogP contribution >= 0.6 is 12.4 Å². The number of rotatable bonds is 5. The van der Waals surface area contributed by atoms with Crippen molar-refractivity contribution in [3.63, 3.8) is 0 Å². The maximum Gasteiger partial charge on any atom is 0.244 e. The molecule has 0 atom stereocenters. The Morgan fingerprint density at radius 3 is 2.90 bits per heavy atom. The first-order valence-corrected chi connectivity index (χ1v) is 6.23. The van der Waals surface area contributed by atoms with Crippen LogP contribution in [0.3, 0.4) is 0 Å². The highest BCUT2D eigenvalue weighted by atomic mass is 35.5. The molecule has 0 aliphatic carbocycles. The summed E-state index contributed by atoms with van der Waals surface area (Å²) in [4.78, 5) is 18.5. The van der Waals surface area contributed by atoms with Crippen LogP contribution in [0.5, 0.6) is 0 Å². The highest BCUT2D eigenvalue weighted by Gasteiger charge is 1.99. The predicted octanol–water partition coefficient (Wildman–Crippen LogP) is 1.37. The van der Waals surface area contributed by atoms with Crippen molar-refractivity contribution < 1.29 is 4.79 Å². The van der Waals surface area contributed by atoms with Crippen LogP contribution in [0.4, 0.5) is 11.4 Å². The van der Waals surface area contributed by atoms with Crippen LogP contribution in [-0.4, -0.2) is 22.4 Å². The van der Waals surface area contributed by atoms with Gasteiger partial charge in [-0.3, -0.25) is 4.79 Å². The fraction of sp³-hybridized carbons (Fsp3) is 0.143. The van der Waals surface area contributed by atoms with Crippen LogP contribution in [0, 0.1) is 0 Å². The van der Waals surface area contributed by atoms with Crippen LogP contribution in [0.2, 0.25) is 0 Å². The third kappa shape index (κ3) is 5.19. The number of imidazole rings is 1. The minimum Gasteiger partial charge on any atom is -0.399 e. The number of aromatic amines is 1. The maximum absolute atomic E-state index is 11.6. The molecule has 6 nitrogen and oxygen atoms in total. The Hall–Kier alpha value is -2.47.